The predicted molar refractivity (Wildman–Crippen MR) is 70.5 cm³/mol. The van der Waals surface area contributed by atoms with Crippen molar-refractivity contribution in [1.82, 2.24) is 5.32 Å². The van der Waals surface area contributed by atoms with Gasteiger partial charge in [0.1, 0.15) is 0 Å². The number of nitrogens with one attached hydrogen (secondary N) is 1. The third-order valence-electron chi connectivity index (χ3n) is 2.19. The van der Waals surface area contributed by atoms with Crippen molar-refractivity contribution in [3.63, 3.8) is 0 Å². The van der Waals surface area contributed by atoms with Gasteiger partial charge in [0.25, 0.3) is 0 Å². The first-order valence-electron chi connectivity index (χ1n) is 5.12. The molecular formula is C12H18N2S. The lowest BCUT2D eigenvalue weighted by Crippen LogP contribution is -2.40. The summed E-state index contributed by atoms with van der Waals surface area (Å²) in [5, 5.41) is 3.99. The molecule has 0 bridgehead atoms. The van der Waals surface area contributed by atoms with Crippen molar-refractivity contribution in [1.29, 1.82) is 0 Å². The first-order chi connectivity index (χ1) is 7.02. The van der Waals surface area contributed by atoms with Gasteiger partial charge >= 0.3 is 0 Å². The van der Waals surface area contributed by atoms with Gasteiger partial charge in [0.2, 0.25) is 0 Å². The van der Waals surface area contributed by atoms with E-state index in [9.17, 15) is 0 Å². The summed E-state index contributed by atoms with van der Waals surface area (Å²) >= 11 is 5.31. The van der Waals surface area contributed by atoms with Crippen LogP contribution in [0.15, 0.2) is 24.3 Å². The minimum atomic E-state index is 0.365. The minimum absolute atomic E-state index is 0.365. The van der Waals surface area contributed by atoms with Crippen molar-refractivity contribution in [3.8, 4) is 0 Å². The van der Waals surface area contributed by atoms with Crippen LogP contribution >= 0.6 is 12.2 Å². The Bertz CT molecular complexity index is 347. The first kappa shape index (κ1) is 12.0. The van der Waals surface area contributed by atoms with E-state index in [0.717, 1.165) is 10.8 Å². The Morgan fingerprint density at radius 1 is 1.33 bits per heavy atom. The maximum absolute atomic E-state index is 5.31. The summed E-state index contributed by atoms with van der Waals surface area (Å²) in [5.41, 5.74) is 2.38. The number of hydrogen-bond donors (Lipinski definition) is 1. The number of para-hydroxylation sites is 1. The van der Waals surface area contributed by atoms with Gasteiger partial charge in [0.05, 0.1) is 0 Å². The molecule has 3 heteroatoms. The minimum Gasteiger partial charge on any atom is -0.360 e. The van der Waals surface area contributed by atoms with Crippen LogP contribution in [0.2, 0.25) is 0 Å². The molecule has 0 saturated heterocycles. The molecule has 82 valence electrons. The summed E-state index contributed by atoms with van der Waals surface area (Å²) in [6.07, 6.45) is 0. The Kier molecular flexibility index (Phi) is 4.09. The van der Waals surface area contributed by atoms with Crippen LogP contribution in [0.5, 0.6) is 0 Å². The zero-order chi connectivity index (χ0) is 11.4. The molecule has 0 spiro atoms. The fourth-order valence-electron chi connectivity index (χ4n) is 1.39. The third kappa shape index (κ3) is 3.20. The van der Waals surface area contributed by atoms with Crippen molar-refractivity contribution >= 4 is 23.0 Å². The molecule has 1 aromatic carbocycles. The average Bonchev–Trinajstić information content (AvgIpc) is 2.16. The molecule has 0 aliphatic carbocycles. The molecular weight excluding hydrogens is 204 g/mol. The largest absolute Gasteiger partial charge is 0.360 e. The van der Waals surface area contributed by atoms with E-state index in [-0.39, 0.29) is 0 Å². The monoisotopic (exact) mass is 222 g/mol. The molecule has 15 heavy (non-hydrogen) atoms. The molecule has 1 rings (SSSR count). The lowest BCUT2D eigenvalue weighted by Gasteiger charge is -2.24. The normalized spacial score (nSPS) is 10.2. The van der Waals surface area contributed by atoms with Crippen LogP contribution in [-0.4, -0.2) is 18.2 Å². The number of benzene rings is 1. The van der Waals surface area contributed by atoms with Crippen molar-refractivity contribution in [2.24, 2.45) is 0 Å². The van der Waals surface area contributed by atoms with Crippen LogP contribution in [0.25, 0.3) is 0 Å². The number of anilines is 1. The second-order valence-corrected chi connectivity index (χ2v) is 4.34. The van der Waals surface area contributed by atoms with Crippen LogP contribution < -0.4 is 10.2 Å². The Hall–Kier alpha value is -1.09. The van der Waals surface area contributed by atoms with Gasteiger partial charge in [-0.2, -0.15) is 0 Å². The summed E-state index contributed by atoms with van der Waals surface area (Å²) in [7, 11) is 1.99. The fraction of sp³-hybridized carbons (Fsp3) is 0.417. The Balaban J connectivity index is 2.81. The van der Waals surface area contributed by atoms with Gasteiger partial charge in [0.15, 0.2) is 5.11 Å². The summed E-state index contributed by atoms with van der Waals surface area (Å²) in [6.45, 7) is 6.25. The molecule has 1 aromatic rings. The molecule has 1 N–H and O–H groups in total. The highest BCUT2D eigenvalue weighted by Gasteiger charge is 2.09. The SMILES string of the molecule is Cc1ccccc1N(C)C(=S)NC(C)C. The van der Waals surface area contributed by atoms with Crippen molar-refractivity contribution in [3.05, 3.63) is 29.8 Å². The Labute approximate surface area is 97.3 Å². The van der Waals surface area contributed by atoms with E-state index in [2.05, 4.69) is 38.2 Å². The second-order valence-electron chi connectivity index (χ2n) is 3.95. The van der Waals surface area contributed by atoms with E-state index in [1.54, 1.807) is 0 Å². The van der Waals surface area contributed by atoms with Crippen LogP contribution in [-0.2, 0) is 0 Å². The summed E-state index contributed by atoms with van der Waals surface area (Å²) in [4.78, 5) is 2.00. The maximum atomic E-state index is 5.31. The highest BCUT2D eigenvalue weighted by atomic mass is 32.1. The van der Waals surface area contributed by atoms with Gasteiger partial charge in [0, 0.05) is 18.8 Å². The Morgan fingerprint density at radius 3 is 2.47 bits per heavy atom. The van der Waals surface area contributed by atoms with Crippen molar-refractivity contribution in [2.75, 3.05) is 11.9 Å². The summed E-state index contributed by atoms with van der Waals surface area (Å²) < 4.78 is 0. The van der Waals surface area contributed by atoms with Gasteiger partial charge in [-0.15, -0.1) is 0 Å². The van der Waals surface area contributed by atoms with E-state index in [0.29, 0.717) is 6.04 Å². The molecule has 0 atom stereocenters. The smallest absolute Gasteiger partial charge is 0.173 e. The number of aryl methyl sites for hydroxylation is 1. The number of nitrogens with zero attached hydrogens (tertiary/aromatic N) is 1. The molecule has 0 aliphatic rings. The standard InChI is InChI=1S/C12H18N2S/c1-9(2)13-12(15)14(4)11-8-6-5-7-10(11)3/h5-9H,1-4H3,(H,13,15). The van der Waals surface area contributed by atoms with Crippen LogP contribution in [0.1, 0.15) is 19.4 Å². The number of thiocarbonyl (C=S) groups is 1. The van der Waals surface area contributed by atoms with Gasteiger partial charge in [-0.1, -0.05) is 18.2 Å². The summed E-state index contributed by atoms with van der Waals surface area (Å²) in [6, 6.07) is 8.58. The van der Waals surface area contributed by atoms with E-state index in [4.69, 9.17) is 12.2 Å². The molecule has 0 amide bonds. The van der Waals surface area contributed by atoms with Gasteiger partial charge < -0.3 is 10.2 Å². The maximum Gasteiger partial charge on any atom is 0.173 e. The lowest BCUT2D eigenvalue weighted by molar-refractivity contribution is 0.732. The second kappa shape index (κ2) is 5.12. The quantitative estimate of drug-likeness (QED) is 0.775. The third-order valence-corrected chi connectivity index (χ3v) is 2.59. The number of rotatable bonds is 2. The molecule has 2 nitrogen and oxygen atoms in total. The molecule has 0 aromatic heterocycles. The molecule has 0 aliphatic heterocycles. The van der Waals surface area contributed by atoms with E-state index in [1.165, 1.54) is 5.56 Å². The molecule has 0 heterocycles. The number of hydrogen-bond acceptors (Lipinski definition) is 1. The molecule has 0 radical (unpaired) electrons. The molecule has 0 saturated carbocycles. The van der Waals surface area contributed by atoms with Crippen molar-refractivity contribution < 1.29 is 0 Å². The highest BCUT2D eigenvalue weighted by Crippen LogP contribution is 2.17. The lowest BCUT2D eigenvalue weighted by atomic mass is 10.2. The summed E-state index contributed by atoms with van der Waals surface area (Å²) in [5.74, 6) is 0. The van der Waals surface area contributed by atoms with Gasteiger partial charge in [-0.05, 0) is 44.6 Å². The topological polar surface area (TPSA) is 15.3 Å². The fourth-order valence-corrected chi connectivity index (χ4v) is 1.73. The van der Waals surface area contributed by atoms with Gasteiger partial charge in [-0.25, -0.2) is 0 Å². The highest BCUT2D eigenvalue weighted by molar-refractivity contribution is 7.80. The molecule has 0 fully saturated rings. The van der Waals surface area contributed by atoms with Gasteiger partial charge in [-0.3, -0.25) is 0 Å². The molecule has 0 unspecified atom stereocenters. The van der Waals surface area contributed by atoms with Crippen molar-refractivity contribution in [2.45, 2.75) is 26.8 Å². The Morgan fingerprint density at radius 2 is 1.93 bits per heavy atom. The van der Waals surface area contributed by atoms with E-state index in [1.807, 2.05) is 24.1 Å². The van der Waals surface area contributed by atoms with Crippen LogP contribution in [0, 0.1) is 6.92 Å². The van der Waals surface area contributed by atoms with Crippen LogP contribution in [0.3, 0.4) is 0 Å². The predicted octanol–water partition coefficient (Wildman–Crippen LogP) is 2.71. The zero-order valence-electron chi connectivity index (χ0n) is 9.74. The first-order valence-corrected chi connectivity index (χ1v) is 5.53. The van der Waals surface area contributed by atoms with E-state index >= 15 is 0 Å². The zero-order valence-corrected chi connectivity index (χ0v) is 10.6. The van der Waals surface area contributed by atoms with Crippen LogP contribution in [0.4, 0.5) is 5.69 Å². The van der Waals surface area contributed by atoms with E-state index < -0.39 is 0 Å². The average molecular weight is 222 g/mol.